The van der Waals surface area contributed by atoms with Gasteiger partial charge in [-0.05, 0) is 12.0 Å². The third-order valence-corrected chi connectivity index (χ3v) is 4.16. The first kappa shape index (κ1) is 17.0. The summed E-state index contributed by atoms with van der Waals surface area (Å²) in [5.41, 5.74) is 1.12. The van der Waals surface area contributed by atoms with Crippen molar-refractivity contribution < 1.29 is 14.4 Å². The Morgan fingerprint density at radius 3 is 2.48 bits per heavy atom. The summed E-state index contributed by atoms with van der Waals surface area (Å²) in [7, 11) is 1.54. The number of carbonyl (C=O) groups excluding carboxylic acids is 3. The van der Waals surface area contributed by atoms with Crippen LogP contribution in [0.3, 0.4) is 0 Å². The van der Waals surface area contributed by atoms with Gasteiger partial charge in [-0.25, -0.2) is 0 Å². The molecule has 0 radical (unpaired) electrons. The van der Waals surface area contributed by atoms with Crippen LogP contribution < -0.4 is 5.32 Å². The van der Waals surface area contributed by atoms with E-state index in [1.807, 2.05) is 30.3 Å². The first-order valence-corrected chi connectivity index (χ1v) is 7.83. The van der Waals surface area contributed by atoms with Crippen LogP contribution in [0.5, 0.6) is 0 Å². The van der Waals surface area contributed by atoms with Crippen LogP contribution in [-0.4, -0.2) is 60.2 Å². The van der Waals surface area contributed by atoms with E-state index in [0.717, 1.165) is 5.56 Å². The molecule has 0 aliphatic carbocycles. The highest BCUT2D eigenvalue weighted by atomic mass is 16.2. The molecule has 6 heteroatoms. The van der Waals surface area contributed by atoms with Gasteiger partial charge < -0.3 is 15.1 Å². The number of nitrogens with one attached hydrogen (secondary N) is 1. The lowest BCUT2D eigenvalue weighted by atomic mass is 10.1. The highest BCUT2D eigenvalue weighted by Crippen LogP contribution is 2.13. The minimum Gasteiger partial charge on any atom is -0.357 e. The van der Waals surface area contributed by atoms with Crippen LogP contribution in [0.1, 0.15) is 18.9 Å². The second-order valence-corrected chi connectivity index (χ2v) is 5.67. The summed E-state index contributed by atoms with van der Waals surface area (Å²) < 4.78 is 0. The minimum atomic E-state index is -0.605. The molecule has 1 N–H and O–H groups in total. The number of hydrogen-bond acceptors (Lipinski definition) is 3. The molecule has 1 aromatic carbocycles. The molecule has 0 saturated carbocycles. The van der Waals surface area contributed by atoms with E-state index in [1.165, 1.54) is 18.9 Å². The Balaban J connectivity index is 1.96. The molecule has 1 fully saturated rings. The van der Waals surface area contributed by atoms with Gasteiger partial charge in [0.1, 0.15) is 6.04 Å². The normalized spacial score (nSPS) is 17.7. The molecule has 124 valence electrons. The average molecular weight is 317 g/mol. The number of nitrogens with zero attached hydrogens (tertiary/aromatic N) is 2. The van der Waals surface area contributed by atoms with Crippen LogP contribution in [0.2, 0.25) is 0 Å². The van der Waals surface area contributed by atoms with Crippen molar-refractivity contribution in [3.8, 4) is 0 Å². The molecule has 1 heterocycles. The second kappa shape index (κ2) is 7.76. The summed E-state index contributed by atoms with van der Waals surface area (Å²) in [5.74, 6) is -0.360. The second-order valence-electron chi connectivity index (χ2n) is 5.67. The third-order valence-electron chi connectivity index (χ3n) is 4.16. The molecule has 23 heavy (non-hydrogen) atoms. The first-order valence-electron chi connectivity index (χ1n) is 7.83. The van der Waals surface area contributed by atoms with E-state index in [1.54, 1.807) is 4.90 Å². The highest BCUT2D eigenvalue weighted by Gasteiger charge is 2.34. The van der Waals surface area contributed by atoms with Crippen molar-refractivity contribution in [2.24, 2.45) is 0 Å². The molecular weight excluding hydrogens is 294 g/mol. The molecular formula is C17H23N3O3. The predicted molar refractivity (Wildman–Crippen MR) is 86.6 cm³/mol. The maximum atomic E-state index is 12.4. The van der Waals surface area contributed by atoms with Crippen LogP contribution >= 0.6 is 0 Å². The maximum absolute atomic E-state index is 12.4. The van der Waals surface area contributed by atoms with E-state index in [4.69, 9.17) is 0 Å². The monoisotopic (exact) mass is 317 g/mol. The molecule has 1 saturated heterocycles. The van der Waals surface area contributed by atoms with Gasteiger partial charge in [0.2, 0.25) is 17.7 Å². The molecule has 2 rings (SSSR count). The summed E-state index contributed by atoms with van der Waals surface area (Å²) in [4.78, 5) is 39.3. The predicted octanol–water partition coefficient (Wildman–Crippen LogP) is 0.425. The molecule has 0 spiro atoms. The van der Waals surface area contributed by atoms with Crippen LogP contribution in [0, 0.1) is 0 Å². The van der Waals surface area contributed by atoms with Gasteiger partial charge in [0.05, 0.1) is 6.54 Å². The zero-order valence-corrected chi connectivity index (χ0v) is 13.6. The molecule has 1 atom stereocenters. The number of piperazine rings is 1. The number of carbonyl (C=O) groups is 3. The van der Waals surface area contributed by atoms with Gasteiger partial charge in [-0.1, -0.05) is 30.3 Å². The summed E-state index contributed by atoms with van der Waals surface area (Å²) in [6, 6.07) is 9.23. The largest absolute Gasteiger partial charge is 0.357 e. The fourth-order valence-electron chi connectivity index (χ4n) is 2.83. The van der Waals surface area contributed by atoms with Gasteiger partial charge in [0, 0.05) is 33.5 Å². The van der Waals surface area contributed by atoms with Crippen molar-refractivity contribution in [3.63, 3.8) is 0 Å². The van der Waals surface area contributed by atoms with E-state index in [-0.39, 0.29) is 24.3 Å². The van der Waals surface area contributed by atoms with Gasteiger partial charge in [-0.15, -0.1) is 0 Å². The van der Waals surface area contributed by atoms with Gasteiger partial charge in [0.25, 0.3) is 0 Å². The van der Waals surface area contributed by atoms with Crippen molar-refractivity contribution in [2.75, 3.05) is 26.7 Å². The van der Waals surface area contributed by atoms with Crippen LogP contribution in [0.4, 0.5) is 0 Å². The van der Waals surface area contributed by atoms with E-state index in [9.17, 15) is 14.4 Å². The number of hydrogen-bond donors (Lipinski definition) is 1. The lowest BCUT2D eigenvalue weighted by molar-refractivity contribution is -0.147. The standard InChI is InChI=1S/C17H23N3O3/c1-13(21)20-11-10-19(12-15(20)17(23)18-2)16(22)9-8-14-6-4-3-5-7-14/h3-7,15H,8-12H2,1-2H3,(H,18,23)/t15-/m1/s1. The molecule has 1 aromatic rings. The fourth-order valence-corrected chi connectivity index (χ4v) is 2.83. The Morgan fingerprint density at radius 2 is 1.87 bits per heavy atom. The fraction of sp³-hybridized carbons (Fsp3) is 0.471. The summed E-state index contributed by atoms with van der Waals surface area (Å²) >= 11 is 0. The highest BCUT2D eigenvalue weighted by molar-refractivity contribution is 5.88. The topological polar surface area (TPSA) is 69.7 Å². The van der Waals surface area contributed by atoms with E-state index in [2.05, 4.69) is 5.32 Å². The van der Waals surface area contributed by atoms with E-state index < -0.39 is 6.04 Å². The number of aryl methyl sites for hydroxylation is 1. The Kier molecular flexibility index (Phi) is 5.73. The summed E-state index contributed by atoms with van der Waals surface area (Å²) in [6.45, 7) is 2.57. The van der Waals surface area contributed by atoms with Crippen molar-refractivity contribution in [1.29, 1.82) is 0 Å². The summed E-state index contributed by atoms with van der Waals surface area (Å²) in [5, 5.41) is 2.57. The van der Waals surface area contributed by atoms with Gasteiger partial charge in [0.15, 0.2) is 0 Å². The first-order chi connectivity index (χ1) is 11.0. The van der Waals surface area contributed by atoms with Crippen LogP contribution in [-0.2, 0) is 20.8 Å². The molecule has 3 amide bonds. The molecule has 1 aliphatic heterocycles. The number of likely N-dealkylation sites (N-methyl/N-ethyl adjacent to an activating group) is 1. The quantitative estimate of drug-likeness (QED) is 0.875. The van der Waals surface area contributed by atoms with Crippen molar-refractivity contribution in [2.45, 2.75) is 25.8 Å². The lowest BCUT2D eigenvalue weighted by Gasteiger charge is -2.40. The third kappa shape index (κ3) is 4.31. The SMILES string of the molecule is CNC(=O)[C@H]1CN(C(=O)CCc2ccccc2)CCN1C(C)=O. The van der Waals surface area contributed by atoms with Gasteiger partial charge in [-0.2, -0.15) is 0 Å². The summed E-state index contributed by atoms with van der Waals surface area (Å²) in [6.07, 6.45) is 1.09. The number of benzene rings is 1. The zero-order valence-electron chi connectivity index (χ0n) is 13.6. The minimum absolute atomic E-state index is 0.0194. The van der Waals surface area contributed by atoms with E-state index in [0.29, 0.717) is 25.9 Å². The zero-order chi connectivity index (χ0) is 16.8. The maximum Gasteiger partial charge on any atom is 0.244 e. The molecule has 6 nitrogen and oxygen atoms in total. The molecule has 1 aliphatic rings. The Labute approximate surface area is 136 Å². The molecule has 0 bridgehead atoms. The van der Waals surface area contributed by atoms with Gasteiger partial charge in [-0.3, -0.25) is 14.4 Å². The van der Waals surface area contributed by atoms with Gasteiger partial charge >= 0.3 is 0 Å². The lowest BCUT2D eigenvalue weighted by Crippen LogP contribution is -2.60. The number of rotatable bonds is 4. The Bertz CT molecular complexity index is 574. The van der Waals surface area contributed by atoms with Crippen molar-refractivity contribution in [1.82, 2.24) is 15.1 Å². The number of amides is 3. The average Bonchev–Trinajstić information content (AvgIpc) is 2.59. The Morgan fingerprint density at radius 1 is 1.17 bits per heavy atom. The van der Waals surface area contributed by atoms with Crippen molar-refractivity contribution >= 4 is 17.7 Å². The van der Waals surface area contributed by atoms with E-state index >= 15 is 0 Å². The molecule has 0 aromatic heterocycles. The smallest absolute Gasteiger partial charge is 0.244 e. The molecule has 0 unspecified atom stereocenters. The van der Waals surface area contributed by atoms with Crippen molar-refractivity contribution in [3.05, 3.63) is 35.9 Å². The van der Waals surface area contributed by atoms with Crippen LogP contribution in [0.25, 0.3) is 0 Å². The Hall–Kier alpha value is -2.37. The van der Waals surface area contributed by atoms with Crippen LogP contribution in [0.15, 0.2) is 30.3 Å².